The number of anilines is 1. The zero-order valence-electron chi connectivity index (χ0n) is 7.92. The Morgan fingerprint density at radius 3 is 2.67 bits per heavy atom. The highest BCUT2D eigenvalue weighted by Gasteiger charge is 2.27. The second-order valence-electron chi connectivity index (χ2n) is 3.08. The van der Waals surface area contributed by atoms with Gasteiger partial charge in [-0.05, 0) is 12.1 Å². The lowest BCUT2D eigenvalue weighted by atomic mass is 10.3. The van der Waals surface area contributed by atoms with Crippen LogP contribution < -0.4 is 10.2 Å². The summed E-state index contributed by atoms with van der Waals surface area (Å²) in [5.41, 5.74) is 0.504. The van der Waals surface area contributed by atoms with E-state index in [2.05, 4.69) is 5.32 Å². The van der Waals surface area contributed by atoms with Crippen molar-refractivity contribution in [3.05, 3.63) is 30.3 Å². The molecule has 1 heterocycles. The van der Waals surface area contributed by atoms with Crippen LogP contribution in [0.3, 0.4) is 0 Å². The van der Waals surface area contributed by atoms with Gasteiger partial charge in [-0.3, -0.25) is 14.5 Å². The smallest absolute Gasteiger partial charge is 0.232 e. The normalized spacial score (nSPS) is 19.7. The summed E-state index contributed by atoms with van der Waals surface area (Å²) < 4.78 is 0. The number of nitrogens with zero attached hydrogens (tertiary/aromatic N) is 1. The molecule has 5 heteroatoms. The number of rotatable bonds is 3. The lowest BCUT2D eigenvalue weighted by Crippen LogP contribution is -2.40. The third kappa shape index (κ3) is 2.12. The van der Waals surface area contributed by atoms with E-state index in [1.54, 1.807) is 0 Å². The van der Waals surface area contributed by atoms with Gasteiger partial charge in [0.05, 0.1) is 5.75 Å². The third-order valence-corrected chi connectivity index (χ3v) is 3.17. The molecule has 1 aromatic rings. The molecule has 2 amide bonds. The topological polar surface area (TPSA) is 49.4 Å². The molecule has 2 rings (SSSR count). The molecule has 1 atom stereocenters. The molecular weight excluding hydrogens is 212 g/mol. The van der Waals surface area contributed by atoms with Crippen LogP contribution in [-0.4, -0.2) is 23.6 Å². The number of nitrogens with one attached hydrogen (secondary N) is 1. The van der Waals surface area contributed by atoms with Gasteiger partial charge >= 0.3 is 0 Å². The molecule has 0 radical (unpaired) electrons. The summed E-state index contributed by atoms with van der Waals surface area (Å²) in [4.78, 5) is 23.5. The fourth-order valence-electron chi connectivity index (χ4n) is 1.38. The molecule has 1 N–H and O–H groups in total. The van der Waals surface area contributed by atoms with E-state index in [0.29, 0.717) is 5.75 Å². The average molecular weight is 222 g/mol. The lowest BCUT2D eigenvalue weighted by molar-refractivity contribution is -0.118. The standard InChI is InChI=1S/C10H10N2O2S/c13-7-12(8-4-2-1-3-5-8)10-11-9(14)6-15-10/h1-5,7,10H,6H2,(H,11,14). The van der Waals surface area contributed by atoms with Crippen molar-refractivity contribution >= 4 is 29.8 Å². The molecule has 0 aliphatic carbocycles. The predicted molar refractivity (Wildman–Crippen MR) is 59.4 cm³/mol. The SMILES string of the molecule is O=CN(c1ccccc1)C1NC(=O)CS1. The van der Waals surface area contributed by atoms with Crippen LogP contribution in [0.15, 0.2) is 30.3 Å². The number of benzene rings is 1. The van der Waals surface area contributed by atoms with Crippen LogP contribution in [0.25, 0.3) is 0 Å². The van der Waals surface area contributed by atoms with Gasteiger partial charge in [-0.25, -0.2) is 0 Å². The van der Waals surface area contributed by atoms with Crippen LogP contribution in [0.4, 0.5) is 5.69 Å². The van der Waals surface area contributed by atoms with Gasteiger partial charge in [-0.2, -0.15) is 0 Å². The highest BCUT2D eigenvalue weighted by atomic mass is 32.2. The molecule has 1 aliphatic heterocycles. The fraction of sp³-hybridized carbons (Fsp3) is 0.200. The molecule has 0 spiro atoms. The van der Waals surface area contributed by atoms with E-state index in [1.165, 1.54) is 16.7 Å². The zero-order chi connectivity index (χ0) is 10.7. The first-order chi connectivity index (χ1) is 7.31. The molecule has 1 unspecified atom stereocenters. The van der Waals surface area contributed by atoms with Crippen LogP contribution in [-0.2, 0) is 9.59 Å². The van der Waals surface area contributed by atoms with Gasteiger partial charge in [0.15, 0.2) is 5.50 Å². The number of amides is 2. The van der Waals surface area contributed by atoms with Crippen LogP contribution in [0, 0.1) is 0 Å². The third-order valence-electron chi connectivity index (χ3n) is 2.08. The summed E-state index contributed by atoms with van der Waals surface area (Å²) in [6.45, 7) is 0. The number of hydrogen-bond acceptors (Lipinski definition) is 3. The molecule has 0 aromatic heterocycles. The van der Waals surface area contributed by atoms with Crippen LogP contribution in [0.5, 0.6) is 0 Å². The molecule has 15 heavy (non-hydrogen) atoms. The maximum Gasteiger partial charge on any atom is 0.232 e. The highest BCUT2D eigenvalue weighted by molar-refractivity contribution is 8.01. The Bertz CT molecular complexity index is 369. The lowest BCUT2D eigenvalue weighted by Gasteiger charge is -2.23. The van der Waals surface area contributed by atoms with Crippen molar-refractivity contribution in [2.24, 2.45) is 0 Å². The molecule has 1 fully saturated rings. The summed E-state index contributed by atoms with van der Waals surface area (Å²) in [5, 5.41) is 2.72. The Labute approximate surface area is 91.6 Å². The van der Waals surface area contributed by atoms with Crippen molar-refractivity contribution in [3.63, 3.8) is 0 Å². The summed E-state index contributed by atoms with van der Waals surface area (Å²) >= 11 is 1.41. The minimum atomic E-state index is -0.280. The van der Waals surface area contributed by atoms with Crippen LogP contribution in [0.1, 0.15) is 0 Å². The first-order valence-corrected chi connectivity index (χ1v) is 5.56. The first-order valence-electron chi connectivity index (χ1n) is 4.51. The van der Waals surface area contributed by atoms with E-state index in [-0.39, 0.29) is 11.4 Å². The summed E-state index contributed by atoms with van der Waals surface area (Å²) in [5.74, 6) is 0.370. The first kappa shape index (κ1) is 10.0. The molecule has 78 valence electrons. The van der Waals surface area contributed by atoms with Crippen LogP contribution in [0.2, 0.25) is 0 Å². The van der Waals surface area contributed by atoms with Crippen molar-refractivity contribution in [2.45, 2.75) is 5.50 Å². The summed E-state index contributed by atoms with van der Waals surface area (Å²) in [6.07, 6.45) is 0.735. The minimum Gasteiger partial charge on any atom is -0.326 e. The molecular formula is C10H10N2O2S. The number of carbonyl (C=O) groups is 2. The zero-order valence-corrected chi connectivity index (χ0v) is 8.74. The van der Waals surface area contributed by atoms with Crippen molar-refractivity contribution in [2.75, 3.05) is 10.7 Å². The van der Waals surface area contributed by atoms with E-state index in [0.717, 1.165) is 12.1 Å². The van der Waals surface area contributed by atoms with Gasteiger partial charge in [0, 0.05) is 5.69 Å². The van der Waals surface area contributed by atoms with Crippen LogP contribution >= 0.6 is 11.8 Å². The Kier molecular flexibility index (Phi) is 2.91. The van der Waals surface area contributed by atoms with E-state index in [1.807, 2.05) is 30.3 Å². The summed E-state index contributed by atoms with van der Waals surface area (Å²) in [7, 11) is 0. The number of para-hydroxylation sites is 1. The van der Waals surface area contributed by atoms with Crippen molar-refractivity contribution in [1.82, 2.24) is 5.32 Å². The highest BCUT2D eigenvalue weighted by Crippen LogP contribution is 2.23. The maximum absolute atomic E-state index is 11.0. The van der Waals surface area contributed by atoms with Gasteiger partial charge in [-0.1, -0.05) is 18.2 Å². The number of thioether (sulfide) groups is 1. The predicted octanol–water partition coefficient (Wildman–Crippen LogP) is 0.796. The Morgan fingerprint density at radius 2 is 2.13 bits per heavy atom. The molecule has 1 aromatic carbocycles. The molecule has 1 saturated heterocycles. The van der Waals surface area contributed by atoms with Gasteiger partial charge in [0.1, 0.15) is 0 Å². The monoisotopic (exact) mass is 222 g/mol. The van der Waals surface area contributed by atoms with Gasteiger partial charge in [0.25, 0.3) is 0 Å². The largest absolute Gasteiger partial charge is 0.326 e. The van der Waals surface area contributed by atoms with Gasteiger partial charge in [-0.15, -0.1) is 11.8 Å². The average Bonchev–Trinajstić information content (AvgIpc) is 2.68. The summed E-state index contributed by atoms with van der Waals surface area (Å²) in [6, 6.07) is 9.26. The Hall–Kier alpha value is -1.49. The molecule has 1 aliphatic rings. The van der Waals surface area contributed by atoms with Gasteiger partial charge < -0.3 is 5.32 Å². The number of carbonyl (C=O) groups excluding carboxylic acids is 2. The van der Waals surface area contributed by atoms with Gasteiger partial charge in [0.2, 0.25) is 12.3 Å². The molecule has 0 saturated carbocycles. The van der Waals surface area contributed by atoms with Crippen molar-refractivity contribution in [1.29, 1.82) is 0 Å². The van der Waals surface area contributed by atoms with E-state index in [4.69, 9.17) is 0 Å². The van der Waals surface area contributed by atoms with Crippen molar-refractivity contribution < 1.29 is 9.59 Å². The second-order valence-corrected chi connectivity index (χ2v) is 4.15. The second kappa shape index (κ2) is 4.35. The number of hydrogen-bond donors (Lipinski definition) is 1. The van der Waals surface area contributed by atoms with E-state index < -0.39 is 0 Å². The van der Waals surface area contributed by atoms with Crippen molar-refractivity contribution in [3.8, 4) is 0 Å². The molecule has 4 nitrogen and oxygen atoms in total. The van der Waals surface area contributed by atoms with E-state index in [9.17, 15) is 9.59 Å². The fourth-order valence-corrected chi connectivity index (χ4v) is 2.32. The molecule has 0 bridgehead atoms. The maximum atomic E-state index is 11.0. The Balaban J connectivity index is 2.18. The Morgan fingerprint density at radius 1 is 1.40 bits per heavy atom. The van der Waals surface area contributed by atoms with E-state index >= 15 is 0 Å². The quantitative estimate of drug-likeness (QED) is 0.769. The minimum absolute atomic E-state index is 0.0345.